The Balaban J connectivity index is 2.11. The highest BCUT2D eigenvalue weighted by molar-refractivity contribution is 5.76. The van der Waals surface area contributed by atoms with Crippen LogP contribution in [0.3, 0.4) is 0 Å². The van der Waals surface area contributed by atoms with Crippen molar-refractivity contribution in [2.75, 3.05) is 0 Å². The number of carbonyl (C=O) groups excluding carboxylic acids is 1. The maximum Gasteiger partial charge on any atom is 0.332 e. The normalized spacial score (nSPS) is 11.4. The number of hydrogen-bond donors (Lipinski definition) is 1. The summed E-state index contributed by atoms with van der Waals surface area (Å²) < 4.78 is 4.13. The predicted molar refractivity (Wildman–Crippen MR) is 92.0 cm³/mol. The molecule has 24 heavy (non-hydrogen) atoms. The molecule has 2 heterocycles. The Bertz CT molecular complexity index is 842. The third-order valence-corrected chi connectivity index (χ3v) is 4.37. The number of rotatable bonds is 7. The molecule has 8 nitrogen and oxygen atoms in total. The first-order valence-electron chi connectivity index (χ1n) is 8.30. The van der Waals surface area contributed by atoms with Crippen LogP contribution in [0.1, 0.15) is 39.5 Å². The topological polar surface area (TPSA) is 90.9 Å². The van der Waals surface area contributed by atoms with Crippen molar-refractivity contribution < 1.29 is 4.79 Å². The first-order valence-corrected chi connectivity index (χ1v) is 8.30. The first-order chi connectivity index (χ1) is 11.4. The second-order valence-electron chi connectivity index (χ2n) is 6.00. The predicted octanol–water partition coefficient (Wildman–Crippen LogP) is 0.519. The van der Waals surface area contributed by atoms with Gasteiger partial charge >= 0.3 is 5.69 Å². The summed E-state index contributed by atoms with van der Waals surface area (Å²) in [7, 11) is 3.04. The van der Waals surface area contributed by atoms with Crippen molar-refractivity contribution in [1.29, 1.82) is 0 Å². The van der Waals surface area contributed by atoms with E-state index in [1.165, 1.54) is 11.6 Å². The van der Waals surface area contributed by atoms with Crippen molar-refractivity contribution in [2.45, 2.75) is 52.1 Å². The average Bonchev–Trinajstić information content (AvgIpc) is 3.00. The molecule has 2 rings (SSSR count). The van der Waals surface area contributed by atoms with E-state index in [0.29, 0.717) is 30.6 Å². The molecule has 2 aromatic rings. The summed E-state index contributed by atoms with van der Waals surface area (Å²) >= 11 is 0. The quantitative estimate of drug-likeness (QED) is 0.798. The molecule has 8 heteroatoms. The van der Waals surface area contributed by atoms with Gasteiger partial charge in [0.2, 0.25) is 5.91 Å². The largest absolute Gasteiger partial charge is 0.353 e. The summed E-state index contributed by atoms with van der Waals surface area (Å²) in [6.45, 7) is 4.60. The van der Waals surface area contributed by atoms with Crippen LogP contribution in [-0.2, 0) is 25.4 Å². The molecule has 1 amide bonds. The van der Waals surface area contributed by atoms with Crippen LogP contribution in [0.2, 0.25) is 0 Å². The summed E-state index contributed by atoms with van der Waals surface area (Å²) in [5, 5.41) is 3.00. The number of aromatic nitrogens is 4. The molecule has 0 aromatic carbocycles. The minimum atomic E-state index is -0.401. The van der Waals surface area contributed by atoms with Crippen molar-refractivity contribution in [3.05, 3.63) is 27.2 Å². The van der Waals surface area contributed by atoms with Crippen LogP contribution in [0.5, 0.6) is 0 Å². The smallest absolute Gasteiger partial charge is 0.332 e. The lowest BCUT2D eigenvalue weighted by molar-refractivity contribution is -0.122. The van der Waals surface area contributed by atoms with E-state index in [1.54, 1.807) is 17.9 Å². The van der Waals surface area contributed by atoms with Crippen LogP contribution in [0.15, 0.2) is 15.9 Å². The van der Waals surface area contributed by atoms with Crippen molar-refractivity contribution >= 4 is 17.1 Å². The zero-order valence-electron chi connectivity index (χ0n) is 14.7. The number of nitrogens with zero attached hydrogens (tertiary/aromatic N) is 4. The fourth-order valence-electron chi connectivity index (χ4n) is 2.77. The van der Waals surface area contributed by atoms with Gasteiger partial charge in [0.25, 0.3) is 5.56 Å². The molecule has 0 saturated carbocycles. The Hall–Kier alpha value is -2.38. The highest BCUT2D eigenvalue weighted by atomic mass is 16.2. The van der Waals surface area contributed by atoms with Crippen molar-refractivity contribution in [2.24, 2.45) is 14.1 Å². The minimum absolute atomic E-state index is 0.0217. The standard InChI is InChI=1S/C16H25N5O3/c1-5-11(6-2)18-12(22)8-7-9-21-10-17-14-13(21)15(23)20(4)16(24)19(14)3/h10-11H,5-9H2,1-4H3,(H,18,22). The van der Waals surface area contributed by atoms with Crippen LogP contribution in [0, 0.1) is 0 Å². The van der Waals surface area contributed by atoms with Gasteiger partial charge in [-0.25, -0.2) is 9.78 Å². The third kappa shape index (κ3) is 3.42. The number of fused-ring (bicyclic) bond motifs is 1. The maximum atomic E-state index is 12.3. The molecule has 0 radical (unpaired) electrons. The molecule has 0 aliphatic rings. The fourth-order valence-corrected chi connectivity index (χ4v) is 2.77. The molecule has 0 bridgehead atoms. The van der Waals surface area contributed by atoms with Crippen LogP contribution in [0.25, 0.3) is 11.2 Å². The molecule has 0 fully saturated rings. The van der Waals surface area contributed by atoms with Gasteiger partial charge in [0.05, 0.1) is 6.33 Å². The number of imidazole rings is 1. The van der Waals surface area contributed by atoms with E-state index < -0.39 is 5.69 Å². The molecule has 0 aliphatic heterocycles. The van der Waals surface area contributed by atoms with Crippen molar-refractivity contribution in [3.8, 4) is 0 Å². The molecule has 0 saturated heterocycles. The minimum Gasteiger partial charge on any atom is -0.353 e. The number of nitrogens with one attached hydrogen (secondary N) is 1. The Morgan fingerprint density at radius 1 is 1.21 bits per heavy atom. The number of carbonyl (C=O) groups is 1. The molecule has 0 spiro atoms. The fraction of sp³-hybridized carbons (Fsp3) is 0.625. The zero-order chi connectivity index (χ0) is 17.9. The molecule has 132 valence electrons. The molecule has 0 atom stereocenters. The van der Waals surface area contributed by atoms with E-state index in [9.17, 15) is 14.4 Å². The van der Waals surface area contributed by atoms with Gasteiger partial charge in [-0.05, 0) is 19.3 Å². The van der Waals surface area contributed by atoms with Gasteiger partial charge < -0.3 is 9.88 Å². The van der Waals surface area contributed by atoms with Gasteiger partial charge in [-0.1, -0.05) is 13.8 Å². The number of hydrogen-bond acceptors (Lipinski definition) is 4. The highest BCUT2D eigenvalue weighted by Crippen LogP contribution is 2.07. The van der Waals surface area contributed by atoms with Crippen molar-refractivity contribution in [1.82, 2.24) is 24.0 Å². The van der Waals surface area contributed by atoms with Crippen LogP contribution >= 0.6 is 0 Å². The number of amides is 1. The van der Waals surface area contributed by atoms with Gasteiger partial charge in [-0.3, -0.25) is 18.7 Å². The second kappa shape index (κ2) is 7.46. The van der Waals surface area contributed by atoms with Gasteiger partial charge in [0.15, 0.2) is 11.2 Å². The Labute approximate surface area is 140 Å². The van der Waals surface area contributed by atoms with Crippen LogP contribution < -0.4 is 16.6 Å². The third-order valence-electron chi connectivity index (χ3n) is 4.37. The summed E-state index contributed by atoms with van der Waals surface area (Å²) in [6, 6.07) is 0.216. The molecule has 2 aromatic heterocycles. The average molecular weight is 335 g/mol. The summed E-state index contributed by atoms with van der Waals surface area (Å²) in [5.74, 6) is 0.0217. The van der Waals surface area contributed by atoms with Gasteiger partial charge in [0.1, 0.15) is 0 Å². The summed E-state index contributed by atoms with van der Waals surface area (Å²) in [6.07, 6.45) is 4.37. The van der Waals surface area contributed by atoms with E-state index in [1.807, 2.05) is 13.8 Å². The second-order valence-corrected chi connectivity index (χ2v) is 6.00. The molecule has 0 unspecified atom stereocenters. The molecule has 0 aliphatic carbocycles. The van der Waals surface area contributed by atoms with Crippen LogP contribution in [-0.4, -0.2) is 30.6 Å². The highest BCUT2D eigenvalue weighted by Gasteiger charge is 2.14. The van der Waals surface area contributed by atoms with Gasteiger partial charge in [-0.15, -0.1) is 0 Å². The maximum absolute atomic E-state index is 12.3. The van der Waals surface area contributed by atoms with E-state index in [-0.39, 0.29) is 17.5 Å². The summed E-state index contributed by atoms with van der Waals surface area (Å²) in [4.78, 5) is 40.3. The first kappa shape index (κ1) is 18.0. The van der Waals surface area contributed by atoms with E-state index >= 15 is 0 Å². The molecular weight excluding hydrogens is 310 g/mol. The van der Waals surface area contributed by atoms with E-state index in [0.717, 1.165) is 17.4 Å². The lowest BCUT2D eigenvalue weighted by Gasteiger charge is -2.14. The molecule has 1 N–H and O–H groups in total. The van der Waals surface area contributed by atoms with Crippen LogP contribution in [0.4, 0.5) is 0 Å². The van der Waals surface area contributed by atoms with Gasteiger partial charge in [-0.2, -0.15) is 0 Å². The Morgan fingerprint density at radius 3 is 2.50 bits per heavy atom. The van der Waals surface area contributed by atoms with E-state index in [4.69, 9.17) is 0 Å². The number of aryl methyl sites for hydroxylation is 2. The van der Waals surface area contributed by atoms with Gasteiger partial charge in [0, 0.05) is 33.1 Å². The Morgan fingerprint density at radius 2 is 1.88 bits per heavy atom. The lowest BCUT2D eigenvalue weighted by atomic mass is 10.1. The SMILES string of the molecule is CCC(CC)NC(=O)CCCn1cnc2c1c(=O)n(C)c(=O)n2C. The summed E-state index contributed by atoms with van der Waals surface area (Å²) in [5.41, 5.74) is -0.0148. The van der Waals surface area contributed by atoms with E-state index in [2.05, 4.69) is 10.3 Å². The molecular formula is C16H25N5O3. The zero-order valence-corrected chi connectivity index (χ0v) is 14.7. The van der Waals surface area contributed by atoms with Crippen molar-refractivity contribution in [3.63, 3.8) is 0 Å². The Kier molecular flexibility index (Phi) is 5.58. The lowest BCUT2D eigenvalue weighted by Crippen LogP contribution is -2.37. The monoisotopic (exact) mass is 335 g/mol.